The Balaban J connectivity index is 1.14. The van der Waals surface area contributed by atoms with E-state index >= 15 is 0 Å². The molecule has 0 saturated carbocycles. The highest BCUT2D eigenvalue weighted by molar-refractivity contribution is 9.09. The summed E-state index contributed by atoms with van der Waals surface area (Å²) in [6, 6.07) is 4.45. The van der Waals surface area contributed by atoms with Gasteiger partial charge in [-0.3, -0.25) is 29.5 Å². The first kappa shape index (κ1) is 30.9. The first-order valence-corrected chi connectivity index (χ1v) is 15.9. The normalized spacial score (nSPS) is 23.5. The number of anilines is 1. The van der Waals surface area contributed by atoms with Crippen LogP contribution < -0.4 is 10.6 Å². The summed E-state index contributed by atoms with van der Waals surface area (Å²) in [6.07, 6.45) is 7.74. The largest absolute Gasteiger partial charge is 0.384 e. The van der Waals surface area contributed by atoms with Gasteiger partial charge in [-0.15, -0.1) is 0 Å². The molecule has 11 heteroatoms. The number of aliphatic hydroxyl groups excluding tert-OH is 2. The van der Waals surface area contributed by atoms with E-state index < -0.39 is 30.3 Å². The molecule has 0 radical (unpaired) electrons. The average molecular weight is 623 g/mol. The van der Waals surface area contributed by atoms with Gasteiger partial charge in [0.2, 0.25) is 5.91 Å². The topological polar surface area (TPSA) is 125 Å². The summed E-state index contributed by atoms with van der Waals surface area (Å²) in [5, 5.41) is 27.0. The molecule has 2 fully saturated rings. The van der Waals surface area contributed by atoms with Crippen LogP contribution in [0.25, 0.3) is 0 Å². The van der Waals surface area contributed by atoms with E-state index in [1.807, 2.05) is 4.90 Å². The zero-order chi connectivity index (χ0) is 28.5. The van der Waals surface area contributed by atoms with Crippen molar-refractivity contribution in [1.29, 1.82) is 0 Å². The summed E-state index contributed by atoms with van der Waals surface area (Å²) >= 11 is 3.47. The van der Waals surface area contributed by atoms with E-state index in [0.29, 0.717) is 36.9 Å². The van der Waals surface area contributed by atoms with Crippen LogP contribution in [0, 0.1) is 0 Å². The van der Waals surface area contributed by atoms with E-state index in [0.717, 1.165) is 61.5 Å². The minimum Gasteiger partial charge on any atom is -0.384 e. The monoisotopic (exact) mass is 621 g/mol. The summed E-state index contributed by atoms with van der Waals surface area (Å²) in [5.41, 5.74) is 1.42. The molecule has 2 saturated heterocycles. The van der Waals surface area contributed by atoms with Crippen molar-refractivity contribution in [2.45, 2.75) is 82.7 Å². The number of rotatable bonds is 14. The highest BCUT2D eigenvalue weighted by atomic mass is 79.9. The van der Waals surface area contributed by atoms with Gasteiger partial charge in [-0.05, 0) is 43.9 Å². The van der Waals surface area contributed by atoms with Gasteiger partial charge in [0.15, 0.2) is 0 Å². The molecule has 222 valence electrons. The van der Waals surface area contributed by atoms with Crippen LogP contribution in [0.4, 0.5) is 5.69 Å². The molecule has 0 aliphatic carbocycles. The minimum absolute atomic E-state index is 0.274. The number of nitrogens with zero attached hydrogens (tertiary/aromatic N) is 3. The Kier molecular flexibility index (Phi) is 11.8. The van der Waals surface area contributed by atoms with Crippen LogP contribution in [0.5, 0.6) is 0 Å². The fourth-order valence-corrected chi connectivity index (χ4v) is 6.21. The van der Waals surface area contributed by atoms with Gasteiger partial charge in [-0.2, -0.15) is 0 Å². The van der Waals surface area contributed by atoms with Crippen LogP contribution >= 0.6 is 15.9 Å². The Morgan fingerprint density at radius 3 is 2.30 bits per heavy atom. The number of halogens is 1. The van der Waals surface area contributed by atoms with E-state index in [-0.39, 0.29) is 5.91 Å². The lowest BCUT2D eigenvalue weighted by Gasteiger charge is -2.36. The molecule has 3 amide bonds. The first-order valence-electron chi connectivity index (χ1n) is 14.8. The van der Waals surface area contributed by atoms with Crippen LogP contribution in [0.3, 0.4) is 0 Å². The molecule has 3 heterocycles. The van der Waals surface area contributed by atoms with Crippen LogP contribution in [-0.2, 0) is 4.79 Å². The van der Waals surface area contributed by atoms with Crippen LogP contribution in [0.2, 0.25) is 0 Å². The number of amides is 3. The molecular weight excluding hydrogens is 578 g/mol. The van der Waals surface area contributed by atoms with Crippen molar-refractivity contribution in [3.63, 3.8) is 0 Å². The molecule has 1 aromatic carbocycles. The van der Waals surface area contributed by atoms with Gasteiger partial charge in [0.1, 0.15) is 12.5 Å². The number of piperazine rings is 1. The Labute approximate surface area is 245 Å². The zero-order valence-electron chi connectivity index (χ0n) is 23.3. The van der Waals surface area contributed by atoms with Crippen molar-refractivity contribution in [2.75, 3.05) is 49.9 Å². The number of unbranched alkanes of at least 4 members (excludes halogenated alkanes) is 6. The summed E-state index contributed by atoms with van der Waals surface area (Å²) in [5.74, 6) is -0.560. The first-order chi connectivity index (χ1) is 19.4. The predicted octanol–water partition coefficient (Wildman–Crippen LogP) is 2.74. The maximum atomic E-state index is 13.1. The number of carbonyl (C=O) groups is 3. The number of hydrogen-bond acceptors (Lipinski definition) is 8. The van der Waals surface area contributed by atoms with Crippen molar-refractivity contribution in [2.24, 2.45) is 0 Å². The zero-order valence-corrected chi connectivity index (χ0v) is 24.9. The summed E-state index contributed by atoms with van der Waals surface area (Å²) in [4.78, 5) is 44.0. The SMILES string of the molecule is O=C(CCCCCCCCCBr)N1CCN(CCNc2ccc3c(c2)C(=O)N(C2CCC(O)NC2O)C3=O)CC1. The molecule has 4 N–H and O–H groups in total. The molecule has 0 aromatic heterocycles. The van der Waals surface area contributed by atoms with Crippen molar-refractivity contribution in [3.8, 4) is 0 Å². The Morgan fingerprint density at radius 1 is 0.925 bits per heavy atom. The third kappa shape index (κ3) is 8.03. The highest BCUT2D eigenvalue weighted by Crippen LogP contribution is 2.30. The number of carbonyl (C=O) groups excluding carboxylic acids is 3. The summed E-state index contributed by atoms with van der Waals surface area (Å²) in [7, 11) is 0. The van der Waals surface area contributed by atoms with Crippen LogP contribution in [0.1, 0.15) is 84.9 Å². The summed E-state index contributed by atoms with van der Waals surface area (Å²) in [6.45, 7) is 4.71. The van der Waals surface area contributed by atoms with Gasteiger partial charge in [0.05, 0.1) is 17.2 Å². The van der Waals surface area contributed by atoms with E-state index in [4.69, 9.17) is 0 Å². The van der Waals surface area contributed by atoms with E-state index in [1.165, 1.54) is 32.1 Å². The highest BCUT2D eigenvalue weighted by Gasteiger charge is 2.44. The van der Waals surface area contributed by atoms with Gasteiger partial charge >= 0.3 is 0 Å². The molecule has 1 aromatic rings. The molecule has 3 atom stereocenters. The number of benzene rings is 1. The Bertz CT molecular complexity index is 1020. The standard InChI is InChI=1S/C29H44BrN5O5/c30-13-7-5-3-1-2-4-6-8-26(37)34-18-16-33(17-19-34)15-14-31-21-9-10-22-23(20-21)29(40)35(28(22)39)24-11-12-25(36)32-27(24)38/h9-10,20,24-25,27,31-32,36,38H,1-8,11-19H2. The lowest BCUT2D eigenvalue weighted by molar-refractivity contribution is -0.133. The number of hydrogen-bond donors (Lipinski definition) is 4. The molecular formula is C29H44BrN5O5. The third-order valence-corrected chi connectivity index (χ3v) is 8.78. The second-order valence-corrected chi connectivity index (χ2v) is 11.9. The third-order valence-electron chi connectivity index (χ3n) is 8.22. The minimum atomic E-state index is -1.16. The van der Waals surface area contributed by atoms with Gasteiger partial charge in [-0.1, -0.05) is 48.0 Å². The van der Waals surface area contributed by atoms with Crippen LogP contribution in [-0.4, -0.2) is 106 Å². The Hall–Kier alpha value is -2.05. The van der Waals surface area contributed by atoms with Crippen LogP contribution in [0.15, 0.2) is 18.2 Å². The molecule has 40 heavy (non-hydrogen) atoms. The van der Waals surface area contributed by atoms with Crippen molar-refractivity contribution in [3.05, 3.63) is 29.3 Å². The van der Waals surface area contributed by atoms with Gasteiger partial charge in [0.25, 0.3) is 11.8 Å². The number of piperidine rings is 1. The average Bonchev–Trinajstić information content (AvgIpc) is 3.19. The lowest BCUT2D eigenvalue weighted by Crippen LogP contribution is -2.58. The fourth-order valence-electron chi connectivity index (χ4n) is 5.81. The lowest BCUT2D eigenvalue weighted by atomic mass is 10.0. The number of fused-ring (bicyclic) bond motifs is 1. The number of nitrogens with one attached hydrogen (secondary N) is 2. The number of alkyl halides is 1. The summed E-state index contributed by atoms with van der Waals surface area (Å²) < 4.78 is 0. The van der Waals surface area contributed by atoms with E-state index in [1.54, 1.807) is 18.2 Å². The molecule has 3 aliphatic heterocycles. The fraction of sp³-hybridized carbons (Fsp3) is 0.690. The number of imide groups is 1. The smallest absolute Gasteiger partial charge is 0.262 e. The van der Waals surface area contributed by atoms with Gasteiger partial charge in [0, 0.05) is 56.7 Å². The van der Waals surface area contributed by atoms with Gasteiger partial charge in [-0.25, -0.2) is 0 Å². The quantitative estimate of drug-likeness (QED) is 0.142. The molecule has 4 rings (SSSR count). The molecule has 3 aliphatic rings. The maximum Gasteiger partial charge on any atom is 0.262 e. The number of aliphatic hydroxyl groups is 2. The maximum absolute atomic E-state index is 13.1. The Morgan fingerprint density at radius 2 is 1.60 bits per heavy atom. The molecule has 3 unspecified atom stereocenters. The molecule has 0 bridgehead atoms. The van der Waals surface area contributed by atoms with E-state index in [2.05, 4.69) is 31.5 Å². The second kappa shape index (κ2) is 15.3. The van der Waals surface area contributed by atoms with Crippen molar-refractivity contribution >= 4 is 39.3 Å². The van der Waals surface area contributed by atoms with Crippen molar-refractivity contribution < 1.29 is 24.6 Å². The molecule has 0 spiro atoms. The second-order valence-electron chi connectivity index (χ2n) is 11.1. The molecule has 10 nitrogen and oxygen atoms in total. The van der Waals surface area contributed by atoms with E-state index in [9.17, 15) is 24.6 Å². The van der Waals surface area contributed by atoms with Crippen molar-refractivity contribution in [1.82, 2.24) is 20.0 Å². The van der Waals surface area contributed by atoms with Gasteiger partial charge < -0.3 is 20.4 Å². The predicted molar refractivity (Wildman–Crippen MR) is 157 cm³/mol.